The summed E-state index contributed by atoms with van der Waals surface area (Å²) in [7, 11) is 3.35. The van der Waals surface area contributed by atoms with Crippen LogP contribution in [0, 0.1) is 11.8 Å². The molecule has 0 bridgehead atoms. The van der Waals surface area contributed by atoms with Crippen molar-refractivity contribution < 1.29 is 4.79 Å². The first-order chi connectivity index (χ1) is 9.90. The Morgan fingerprint density at radius 2 is 2.00 bits per heavy atom. The fourth-order valence-corrected chi connectivity index (χ4v) is 3.03. The molecule has 0 aromatic carbocycles. The number of carbonyl (C=O) groups excluding carboxylic acids is 1. The van der Waals surface area contributed by atoms with Gasteiger partial charge in [0.15, 0.2) is 11.2 Å². The molecule has 1 fully saturated rings. The van der Waals surface area contributed by atoms with Crippen molar-refractivity contribution in [3.8, 4) is 0 Å². The number of rotatable bonds is 3. The van der Waals surface area contributed by atoms with Gasteiger partial charge >= 0.3 is 5.69 Å². The van der Waals surface area contributed by atoms with Crippen LogP contribution in [0.25, 0.3) is 11.2 Å². The third-order valence-corrected chi connectivity index (χ3v) is 4.45. The molecule has 0 amide bonds. The van der Waals surface area contributed by atoms with Crippen molar-refractivity contribution in [2.45, 2.75) is 26.3 Å². The van der Waals surface area contributed by atoms with E-state index in [-0.39, 0.29) is 28.9 Å². The van der Waals surface area contributed by atoms with Gasteiger partial charge in [-0.25, -0.2) is 9.78 Å². The number of imidazole rings is 1. The van der Waals surface area contributed by atoms with Gasteiger partial charge in [-0.15, -0.1) is 0 Å². The first-order valence-corrected chi connectivity index (χ1v) is 7.01. The molecular weight excluding hydrogens is 272 g/mol. The minimum absolute atomic E-state index is 0.0926. The second-order valence-electron chi connectivity index (χ2n) is 5.93. The van der Waals surface area contributed by atoms with E-state index in [1.165, 1.54) is 15.5 Å². The molecule has 21 heavy (non-hydrogen) atoms. The van der Waals surface area contributed by atoms with Crippen LogP contribution >= 0.6 is 0 Å². The molecule has 0 aliphatic heterocycles. The Morgan fingerprint density at radius 3 is 2.62 bits per heavy atom. The van der Waals surface area contributed by atoms with Crippen LogP contribution < -0.4 is 11.2 Å². The predicted octanol–water partition coefficient (Wildman–Crippen LogP) is 0.0489. The molecule has 2 aromatic heterocycles. The zero-order valence-corrected chi connectivity index (χ0v) is 12.4. The fraction of sp³-hybridized carbons (Fsp3) is 0.571. The molecule has 1 saturated carbocycles. The molecular formula is C14H18N4O3. The Balaban J connectivity index is 2.00. The summed E-state index contributed by atoms with van der Waals surface area (Å²) in [5, 5.41) is 0. The number of hydrogen-bond acceptors (Lipinski definition) is 4. The zero-order chi connectivity index (χ0) is 15.3. The van der Waals surface area contributed by atoms with Crippen LogP contribution in [0.5, 0.6) is 0 Å². The number of fused-ring (bicyclic) bond motifs is 1. The van der Waals surface area contributed by atoms with Gasteiger partial charge in [0.25, 0.3) is 5.56 Å². The van der Waals surface area contributed by atoms with E-state index >= 15 is 0 Å². The van der Waals surface area contributed by atoms with Gasteiger partial charge in [-0.05, 0) is 25.7 Å². The van der Waals surface area contributed by atoms with E-state index in [4.69, 9.17) is 0 Å². The lowest BCUT2D eigenvalue weighted by atomic mass is 9.73. The van der Waals surface area contributed by atoms with Gasteiger partial charge in [0.2, 0.25) is 0 Å². The van der Waals surface area contributed by atoms with Crippen molar-refractivity contribution in [1.82, 2.24) is 18.7 Å². The Hall–Kier alpha value is -2.18. The van der Waals surface area contributed by atoms with E-state index in [9.17, 15) is 14.4 Å². The second kappa shape index (κ2) is 4.68. The predicted molar refractivity (Wildman–Crippen MR) is 77.1 cm³/mol. The molecule has 0 unspecified atom stereocenters. The van der Waals surface area contributed by atoms with Gasteiger partial charge in [0.1, 0.15) is 5.78 Å². The number of ketones is 1. The maximum Gasteiger partial charge on any atom is 0.332 e. The van der Waals surface area contributed by atoms with Crippen LogP contribution in [0.2, 0.25) is 0 Å². The number of aryl methyl sites for hydroxylation is 2. The van der Waals surface area contributed by atoms with Gasteiger partial charge in [-0.1, -0.05) is 0 Å². The number of aromatic nitrogens is 4. The van der Waals surface area contributed by atoms with Crippen LogP contribution in [0.1, 0.15) is 19.8 Å². The van der Waals surface area contributed by atoms with E-state index in [0.717, 1.165) is 12.8 Å². The van der Waals surface area contributed by atoms with Gasteiger partial charge in [-0.2, -0.15) is 0 Å². The minimum Gasteiger partial charge on any atom is -0.328 e. The van der Waals surface area contributed by atoms with Gasteiger partial charge < -0.3 is 4.57 Å². The molecule has 2 aromatic rings. The number of Topliss-reactive ketones (excluding diaryl/α,β-unsaturated/α-hetero) is 1. The molecule has 7 heteroatoms. The highest BCUT2D eigenvalue weighted by Gasteiger charge is 2.33. The van der Waals surface area contributed by atoms with Crippen molar-refractivity contribution in [2.24, 2.45) is 25.9 Å². The largest absolute Gasteiger partial charge is 0.332 e. The van der Waals surface area contributed by atoms with Crippen molar-refractivity contribution in [3.05, 3.63) is 27.2 Å². The summed E-state index contributed by atoms with van der Waals surface area (Å²) in [5.41, 5.74) is 0.176. The van der Waals surface area contributed by atoms with Crippen LogP contribution in [-0.4, -0.2) is 24.5 Å². The van der Waals surface area contributed by atoms with Gasteiger partial charge in [-0.3, -0.25) is 18.7 Å². The van der Waals surface area contributed by atoms with Crippen molar-refractivity contribution >= 4 is 16.9 Å². The molecule has 0 spiro atoms. The summed E-state index contributed by atoms with van der Waals surface area (Å²) in [5.74, 6) is 0.499. The van der Waals surface area contributed by atoms with Crippen molar-refractivity contribution in [2.75, 3.05) is 0 Å². The average molecular weight is 290 g/mol. The average Bonchev–Trinajstić information content (AvgIpc) is 2.75. The first-order valence-electron chi connectivity index (χ1n) is 7.01. The maximum absolute atomic E-state index is 12.5. The van der Waals surface area contributed by atoms with Crippen molar-refractivity contribution in [3.63, 3.8) is 0 Å². The number of nitrogens with zero attached hydrogens (tertiary/aromatic N) is 4. The molecule has 1 aliphatic rings. The third-order valence-electron chi connectivity index (χ3n) is 4.45. The first kappa shape index (κ1) is 13.8. The molecule has 0 radical (unpaired) electrons. The van der Waals surface area contributed by atoms with Crippen LogP contribution in [0.15, 0.2) is 15.9 Å². The highest BCUT2D eigenvalue weighted by atomic mass is 16.2. The van der Waals surface area contributed by atoms with Gasteiger partial charge in [0.05, 0.1) is 6.33 Å². The van der Waals surface area contributed by atoms with Crippen LogP contribution in [-0.2, 0) is 25.4 Å². The lowest BCUT2D eigenvalue weighted by molar-refractivity contribution is -0.124. The molecule has 0 atom stereocenters. The second-order valence-corrected chi connectivity index (χ2v) is 5.93. The molecule has 1 aliphatic carbocycles. The lowest BCUT2D eigenvalue weighted by Gasteiger charge is -2.33. The molecule has 112 valence electrons. The van der Waals surface area contributed by atoms with E-state index < -0.39 is 0 Å². The summed E-state index contributed by atoms with van der Waals surface area (Å²) in [4.78, 5) is 40.2. The quantitative estimate of drug-likeness (QED) is 0.800. The van der Waals surface area contributed by atoms with E-state index in [0.29, 0.717) is 17.7 Å². The standard InChI is InChI=1S/C14H18N4O3/c1-8(19)10-4-9(5-10)6-18-13(20)11-12(15-7-16(11)2)17(3)14(18)21/h7,9-10H,4-6H2,1-3H3. The highest BCUT2D eigenvalue weighted by Crippen LogP contribution is 2.34. The van der Waals surface area contributed by atoms with Crippen molar-refractivity contribution in [1.29, 1.82) is 0 Å². The summed E-state index contributed by atoms with van der Waals surface area (Å²) in [6, 6.07) is 0. The normalized spacial score (nSPS) is 21.5. The topological polar surface area (TPSA) is 78.9 Å². The van der Waals surface area contributed by atoms with Crippen LogP contribution in [0.3, 0.4) is 0 Å². The molecule has 0 saturated heterocycles. The number of carbonyl (C=O) groups is 1. The highest BCUT2D eigenvalue weighted by molar-refractivity contribution is 5.79. The van der Waals surface area contributed by atoms with E-state index in [1.807, 2.05) is 0 Å². The van der Waals surface area contributed by atoms with Crippen LogP contribution in [0.4, 0.5) is 0 Å². The molecule has 7 nitrogen and oxygen atoms in total. The summed E-state index contributed by atoms with van der Waals surface area (Å²) in [6.07, 6.45) is 3.05. The Bertz CT molecular complexity index is 836. The van der Waals surface area contributed by atoms with E-state index in [1.54, 1.807) is 25.6 Å². The molecule has 3 rings (SSSR count). The monoisotopic (exact) mass is 290 g/mol. The maximum atomic E-state index is 12.5. The fourth-order valence-electron chi connectivity index (χ4n) is 3.03. The molecule has 0 N–H and O–H groups in total. The summed E-state index contributed by atoms with van der Waals surface area (Å²) < 4.78 is 4.30. The zero-order valence-electron chi connectivity index (χ0n) is 12.4. The Kier molecular flexibility index (Phi) is 3.07. The van der Waals surface area contributed by atoms with E-state index in [2.05, 4.69) is 4.98 Å². The third kappa shape index (κ3) is 2.03. The smallest absolute Gasteiger partial charge is 0.328 e. The summed E-state index contributed by atoms with van der Waals surface area (Å²) >= 11 is 0. The summed E-state index contributed by atoms with van der Waals surface area (Å²) in [6.45, 7) is 1.96. The minimum atomic E-state index is -0.350. The SMILES string of the molecule is CC(=O)C1CC(Cn2c(=O)c3c(ncn3C)n(C)c2=O)C1. The number of hydrogen-bond donors (Lipinski definition) is 0. The Labute approximate surface area is 120 Å². The van der Waals surface area contributed by atoms with Gasteiger partial charge in [0, 0.05) is 26.6 Å². The lowest BCUT2D eigenvalue weighted by Crippen LogP contribution is -2.43. The molecule has 2 heterocycles. The Morgan fingerprint density at radius 1 is 1.33 bits per heavy atom.